The van der Waals surface area contributed by atoms with Crippen LogP contribution in [0.25, 0.3) is 10.8 Å². The van der Waals surface area contributed by atoms with Crippen LogP contribution in [0.4, 0.5) is 5.82 Å². The molecule has 2 atom stereocenters. The Morgan fingerprint density at radius 1 is 1.35 bits per heavy atom. The summed E-state index contributed by atoms with van der Waals surface area (Å²) in [4.78, 5) is 15.3. The number of anilines is 1. The molecule has 2 aromatic rings. The first-order valence-electron chi connectivity index (χ1n) is 6.45. The van der Waals surface area contributed by atoms with E-state index < -0.39 is 11.9 Å². The van der Waals surface area contributed by atoms with E-state index in [2.05, 4.69) is 10.3 Å². The molecule has 0 radical (unpaired) electrons. The highest BCUT2D eigenvalue weighted by Gasteiger charge is 2.20. The lowest BCUT2D eigenvalue weighted by Gasteiger charge is -2.19. The van der Waals surface area contributed by atoms with E-state index in [0.29, 0.717) is 5.82 Å². The predicted molar refractivity (Wildman–Crippen MR) is 78.2 cm³/mol. The highest BCUT2D eigenvalue weighted by Crippen LogP contribution is 2.26. The van der Waals surface area contributed by atoms with Crippen molar-refractivity contribution in [1.82, 2.24) is 4.98 Å². The average molecular weight is 274 g/mol. The van der Waals surface area contributed by atoms with Crippen LogP contribution in [-0.2, 0) is 4.79 Å². The molecule has 1 aromatic heterocycles. The second-order valence-corrected chi connectivity index (χ2v) is 4.81. The van der Waals surface area contributed by atoms with Gasteiger partial charge in [-0.1, -0.05) is 6.07 Å². The number of fused-ring (bicyclic) bond motifs is 1. The zero-order valence-electron chi connectivity index (χ0n) is 11.8. The van der Waals surface area contributed by atoms with Crippen molar-refractivity contribution in [1.29, 1.82) is 0 Å². The van der Waals surface area contributed by atoms with E-state index in [4.69, 9.17) is 9.84 Å². The highest BCUT2D eigenvalue weighted by molar-refractivity contribution is 5.93. The minimum atomic E-state index is -0.831. The molecule has 5 nitrogen and oxygen atoms in total. The maximum absolute atomic E-state index is 11.0. The molecule has 1 heterocycles. The van der Waals surface area contributed by atoms with Crippen molar-refractivity contribution in [2.24, 2.45) is 5.92 Å². The number of methoxy groups -OCH3 is 1. The summed E-state index contributed by atoms with van der Waals surface area (Å²) in [5.41, 5.74) is 0. The van der Waals surface area contributed by atoms with E-state index in [1.807, 2.05) is 31.2 Å². The van der Waals surface area contributed by atoms with Crippen molar-refractivity contribution in [3.05, 3.63) is 30.5 Å². The Balaban J connectivity index is 2.36. The Bertz CT molecular complexity index is 628. The lowest BCUT2D eigenvalue weighted by Crippen LogP contribution is -2.30. The van der Waals surface area contributed by atoms with Gasteiger partial charge in [0.05, 0.1) is 13.0 Å². The van der Waals surface area contributed by atoms with Gasteiger partial charge in [-0.15, -0.1) is 0 Å². The number of carboxylic acid groups (broad SMARTS) is 1. The number of benzene rings is 1. The largest absolute Gasteiger partial charge is 0.497 e. The smallest absolute Gasteiger partial charge is 0.308 e. The first-order valence-corrected chi connectivity index (χ1v) is 6.45. The number of carboxylic acids is 1. The summed E-state index contributed by atoms with van der Waals surface area (Å²) in [6.07, 6.45) is 1.70. The average Bonchev–Trinajstić information content (AvgIpc) is 2.46. The standard InChI is InChI=1S/C15H18N2O3/c1-9(15(18)19)10(2)17-14-13-8-12(20-3)5-4-11(13)6-7-16-14/h4-10H,1-3H3,(H,16,17)(H,18,19). The fourth-order valence-corrected chi connectivity index (χ4v) is 1.94. The third-order valence-corrected chi connectivity index (χ3v) is 3.48. The Kier molecular flexibility index (Phi) is 4.08. The van der Waals surface area contributed by atoms with Crippen molar-refractivity contribution < 1.29 is 14.6 Å². The van der Waals surface area contributed by atoms with Crippen LogP contribution in [0.15, 0.2) is 30.5 Å². The van der Waals surface area contributed by atoms with Crippen molar-refractivity contribution in [2.75, 3.05) is 12.4 Å². The Morgan fingerprint density at radius 2 is 2.10 bits per heavy atom. The number of rotatable bonds is 5. The van der Waals surface area contributed by atoms with Crippen LogP contribution in [0, 0.1) is 5.92 Å². The van der Waals surface area contributed by atoms with E-state index in [0.717, 1.165) is 16.5 Å². The Labute approximate surface area is 117 Å². The van der Waals surface area contributed by atoms with Crippen LogP contribution >= 0.6 is 0 Å². The van der Waals surface area contributed by atoms with Crippen molar-refractivity contribution in [2.45, 2.75) is 19.9 Å². The second-order valence-electron chi connectivity index (χ2n) is 4.81. The van der Waals surface area contributed by atoms with Crippen LogP contribution in [0.1, 0.15) is 13.8 Å². The topological polar surface area (TPSA) is 71.5 Å². The second kappa shape index (κ2) is 5.77. The molecule has 0 saturated heterocycles. The van der Waals surface area contributed by atoms with Gasteiger partial charge in [-0.05, 0) is 37.4 Å². The fraction of sp³-hybridized carbons (Fsp3) is 0.333. The highest BCUT2D eigenvalue weighted by atomic mass is 16.5. The van der Waals surface area contributed by atoms with E-state index in [9.17, 15) is 4.79 Å². The third kappa shape index (κ3) is 2.82. The zero-order chi connectivity index (χ0) is 14.7. The lowest BCUT2D eigenvalue weighted by atomic mass is 10.0. The molecule has 5 heteroatoms. The number of ether oxygens (including phenoxy) is 1. The lowest BCUT2D eigenvalue weighted by molar-refractivity contribution is -0.141. The molecule has 20 heavy (non-hydrogen) atoms. The summed E-state index contributed by atoms with van der Waals surface area (Å²) in [5, 5.41) is 14.2. The quantitative estimate of drug-likeness (QED) is 0.877. The van der Waals surface area contributed by atoms with E-state index in [1.165, 1.54) is 0 Å². The first kappa shape index (κ1) is 14.1. The maximum Gasteiger partial charge on any atom is 0.308 e. The molecule has 0 saturated carbocycles. The van der Waals surface area contributed by atoms with E-state index >= 15 is 0 Å². The van der Waals surface area contributed by atoms with Gasteiger partial charge in [0.15, 0.2) is 0 Å². The van der Waals surface area contributed by atoms with Gasteiger partial charge < -0.3 is 15.2 Å². The summed E-state index contributed by atoms with van der Waals surface area (Å²) in [6.45, 7) is 3.51. The molecule has 0 spiro atoms. The Morgan fingerprint density at radius 3 is 2.75 bits per heavy atom. The predicted octanol–water partition coefficient (Wildman–Crippen LogP) is 2.76. The number of pyridine rings is 1. The molecule has 0 aliphatic heterocycles. The van der Waals surface area contributed by atoms with Crippen molar-refractivity contribution in [3.63, 3.8) is 0 Å². The zero-order valence-corrected chi connectivity index (χ0v) is 11.8. The number of aliphatic carboxylic acids is 1. The van der Waals surface area contributed by atoms with Gasteiger partial charge in [0.25, 0.3) is 0 Å². The molecule has 0 bridgehead atoms. The molecule has 106 valence electrons. The van der Waals surface area contributed by atoms with Gasteiger partial charge in [0.2, 0.25) is 0 Å². The summed E-state index contributed by atoms with van der Waals surface area (Å²) in [5.74, 6) is 0.0787. The van der Waals surface area contributed by atoms with Gasteiger partial charge in [0.1, 0.15) is 11.6 Å². The third-order valence-electron chi connectivity index (χ3n) is 3.48. The normalized spacial score (nSPS) is 13.8. The molecule has 0 aliphatic carbocycles. The number of nitrogens with zero attached hydrogens (tertiary/aromatic N) is 1. The minimum absolute atomic E-state index is 0.225. The molecule has 2 rings (SSSR count). The van der Waals surface area contributed by atoms with Crippen LogP contribution in [0.2, 0.25) is 0 Å². The van der Waals surface area contributed by atoms with Gasteiger partial charge >= 0.3 is 5.97 Å². The van der Waals surface area contributed by atoms with Gasteiger partial charge in [-0.2, -0.15) is 0 Å². The summed E-state index contributed by atoms with van der Waals surface area (Å²) >= 11 is 0. The molecular formula is C15H18N2O3. The van der Waals surface area contributed by atoms with Gasteiger partial charge in [-0.25, -0.2) is 4.98 Å². The summed E-state index contributed by atoms with van der Waals surface area (Å²) < 4.78 is 5.22. The number of nitrogens with one attached hydrogen (secondary N) is 1. The van der Waals surface area contributed by atoms with E-state index in [-0.39, 0.29) is 6.04 Å². The molecule has 2 N–H and O–H groups in total. The monoisotopic (exact) mass is 274 g/mol. The first-order chi connectivity index (χ1) is 9.52. The Hall–Kier alpha value is -2.30. The summed E-state index contributed by atoms with van der Waals surface area (Å²) in [7, 11) is 1.61. The molecule has 0 amide bonds. The summed E-state index contributed by atoms with van der Waals surface area (Å²) in [6, 6.07) is 7.41. The number of hydrogen-bond donors (Lipinski definition) is 2. The maximum atomic E-state index is 11.0. The molecular weight excluding hydrogens is 256 g/mol. The van der Waals surface area contributed by atoms with Crippen LogP contribution < -0.4 is 10.1 Å². The number of hydrogen-bond acceptors (Lipinski definition) is 4. The molecule has 1 aromatic carbocycles. The number of aromatic nitrogens is 1. The van der Waals surface area contributed by atoms with Crippen LogP contribution in [-0.4, -0.2) is 29.2 Å². The van der Waals surface area contributed by atoms with Gasteiger partial charge in [0, 0.05) is 17.6 Å². The van der Waals surface area contributed by atoms with Crippen LogP contribution in [0.3, 0.4) is 0 Å². The van der Waals surface area contributed by atoms with Crippen molar-refractivity contribution in [3.8, 4) is 5.75 Å². The fourth-order valence-electron chi connectivity index (χ4n) is 1.94. The molecule has 2 unspecified atom stereocenters. The SMILES string of the molecule is COc1ccc2ccnc(NC(C)C(C)C(=O)O)c2c1. The minimum Gasteiger partial charge on any atom is -0.497 e. The van der Waals surface area contributed by atoms with Crippen molar-refractivity contribution >= 4 is 22.6 Å². The number of carbonyl (C=O) groups is 1. The molecule has 0 aliphatic rings. The van der Waals surface area contributed by atoms with Crippen LogP contribution in [0.5, 0.6) is 5.75 Å². The van der Waals surface area contributed by atoms with E-state index in [1.54, 1.807) is 20.2 Å². The molecule has 0 fully saturated rings. The van der Waals surface area contributed by atoms with Gasteiger partial charge in [-0.3, -0.25) is 4.79 Å².